The van der Waals surface area contributed by atoms with Crippen molar-refractivity contribution in [2.75, 3.05) is 39.4 Å². The van der Waals surface area contributed by atoms with E-state index in [9.17, 15) is 17.6 Å². The molecular weight excluding hydrogens is 550 g/mol. The van der Waals surface area contributed by atoms with Gasteiger partial charge in [0.05, 0.1) is 23.7 Å². The number of piperidine rings is 2. The molecule has 3 aliphatic rings. The number of hydrogen-bond acceptors (Lipinski definition) is 6. The molecule has 2 aromatic carbocycles. The van der Waals surface area contributed by atoms with Crippen molar-refractivity contribution in [3.63, 3.8) is 0 Å². The molecule has 0 N–H and O–H groups in total. The van der Waals surface area contributed by atoms with Gasteiger partial charge in [0.2, 0.25) is 0 Å². The van der Waals surface area contributed by atoms with E-state index >= 15 is 4.39 Å². The van der Waals surface area contributed by atoms with E-state index in [-0.39, 0.29) is 36.5 Å². The standard InChI is InChI=1S/C28H33ClF2N2O5S/c29-20-4-6-22(7-5-20)39(35,36)28(12-18-37-26-24(31)9-8-23(30)25(26)28)13-19-38-27(34)33-16-10-21(11-17-33)32-14-2-1-3-15-32/h4-9,21H,1-3,10-19H2. The second-order valence-corrected chi connectivity index (χ2v) is 13.2. The van der Waals surface area contributed by atoms with Gasteiger partial charge in [-0.15, -0.1) is 0 Å². The molecule has 2 saturated heterocycles. The van der Waals surface area contributed by atoms with Crippen LogP contribution < -0.4 is 4.74 Å². The molecule has 0 spiro atoms. The molecule has 7 nitrogen and oxygen atoms in total. The summed E-state index contributed by atoms with van der Waals surface area (Å²) in [6, 6.07) is 7.79. The lowest BCUT2D eigenvalue weighted by Crippen LogP contribution is -2.48. The summed E-state index contributed by atoms with van der Waals surface area (Å²) in [5.41, 5.74) is -0.373. The van der Waals surface area contributed by atoms with Crippen LogP contribution in [0, 0.1) is 11.6 Å². The van der Waals surface area contributed by atoms with Crippen molar-refractivity contribution in [1.82, 2.24) is 9.80 Å². The van der Waals surface area contributed by atoms with Crippen LogP contribution >= 0.6 is 11.6 Å². The molecule has 5 rings (SSSR count). The minimum Gasteiger partial charge on any atom is -0.490 e. The summed E-state index contributed by atoms with van der Waals surface area (Å²) in [7, 11) is -4.29. The van der Waals surface area contributed by atoms with E-state index in [1.54, 1.807) is 4.90 Å². The minimum atomic E-state index is -4.29. The predicted molar refractivity (Wildman–Crippen MR) is 143 cm³/mol. The lowest BCUT2D eigenvalue weighted by atomic mass is 9.88. The fraction of sp³-hybridized carbons (Fsp3) is 0.536. The van der Waals surface area contributed by atoms with Gasteiger partial charge in [-0.2, -0.15) is 0 Å². The number of halogens is 3. The van der Waals surface area contributed by atoms with Gasteiger partial charge in [0, 0.05) is 37.0 Å². The number of hydrogen-bond donors (Lipinski definition) is 0. The van der Waals surface area contributed by atoms with E-state index in [1.807, 2.05) is 0 Å². The molecule has 1 unspecified atom stereocenters. The molecule has 2 aromatic rings. The highest BCUT2D eigenvalue weighted by molar-refractivity contribution is 7.92. The van der Waals surface area contributed by atoms with Crippen LogP contribution in [0.5, 0.6) is 5.75 Å². The van der Waals surface area contributed by atoms with Crippen molar-refractivity contribution >= 4 is 27.5 Å². The first kappa shape index (κ1) is 28.1. The zero-order chi connectivity index (χ0) is 27.6. The van der Waals surface area contributed by atoms with Crippen molar-refractivity contribution in [3.8, 4) is 5.75 Å². The largest absolute Gasteiger partial charge is 0.490 e. The van der Waals surface area contributed by atoms with Crippen LogP contribution in [0.2, 0.25) is 5.02 Å². The third kappa shape index (κ3) is 5.47. The number of nitrogens with zero attached hydrogens (tertiary/aromatic N) is 2. The maximum absolute atomic E-state index is 15.3. The molecule has 1 amide bonds. The highest BCUT2D eigenvalue weighted by Crippen LogP contribution is 2.50. The maximum atomic E-state index is 15.3. The number of ether oxygens (including phenoxy) is 2. The minimum absolute atomic E-state index is 0.0884. The van der Waals surface area contributed by atoms with Crippen LogP contribution in [-0.4, -0.2) is 69.7 Å². The normalized spacial score (nSPS) is 22.7. The van der Waals surface area contributed by atoms with Gasteiger partial charge in [-0.25, -0.2) is 22.0 Å². The number of rotatable bonds is 6. The topological polar surface area (TPSA) is 76.1 Å². The summed E-state index contributed by atoms with van der Waals surface area (Å²) in [4.78, 5) is 17.0. The Morgan fingerprint density at radius 2 is 1.67 bits per heavy atom. The number of benzene rings is 2. The second-order valence-electron chi connectivity index (χ2n) is 10.5. The van der Waals surface area contributed by atoms with Crippen molar-refractivity contribution < 1.29 is 31.5 Å². The number of carbonyl (C=O) groups is 1. The van der Waals surface area contributed by atoms with Crippen LogP contribution in [0.1, 0.15) is 50.5 Å². The summed E-state index contributed by atoms with van der Waals surface area (Å²) in [6.07, 6.45) is 4.48. The molecule has 2 fully saturated rings. The van der Waals surface area contributed by atoms with E-state index in [0.717, 1.165) is 38.1 Å². The quantitative estimate of drug-likeness (QED) is 0.445. The van der Waals surface area contributed by atoms with Gasteiger partial charge in [-0.3, -0.25) is 0 Å². The van der Waals surface area contributed by atoms with Gasteiger partial charge in [-0.05, 0) is 75.2 Å². The van der Waals surface area contributed by atoms with Crippen molar-refractivity contribution in [2.45, 2.75) is 60.6 Å². The summed E-state index contributed by atoms with van der Waals surface area (Å²) >= 11 is 5.97. The van der Waals surface area contributed by atoms with E-state index in [2.05, 4.69) is 4.90 Å². The fourth-order valence-electron chi connectivity index (χ4n) is 6.13. The summed E-state index contributed by atoms with van der Waals surface area (Å²) in [5.74, 6) is -2.17. The van der Waals surface area contributed by atoms with Crippen molar-refractivity contribution in [3.05, 3.63) is 58.6 Å². The third-order valence-corrected chi connectivity index (χ3v) is 11.1. The van der Waals surface area contributed by atoms with Gasteiger partial charge in [0.25, 0.3) is 0 Å². The van der Waals surface area contributed by atoms with Crippen LogP contribution in [0.3, 0.4) is 0 Å². The van der Waals surface area contributed by atoms with Gasteiger partial charge in [0.15, 0.2) is 21.4 Å². The van der Waals surface area contributed by atoms with Gasteiger partial charge < -0.3 is 19.3 Å². The SMILES string of the molecule is O=C(OCCC1(S(=O)(=O)c2ccc(Cl)cc2)CCOc2c(F)ccc(F)c21)N1CCC(N2CCCCC2)CC1. The lowest BCUT2D eigenvalue weighted by molar-refractivity contribution is 0.0629. The molecule has 212 valence electrons. The molecule has 3 heterocycles. The molecular formula is C28H33ClF2N2O5S. The van der Waals surface area contributed by atoms with E-state index in [4.69, 9.17) is 21.1 Å². The number of likely N-dealkylation sites (tertiary alicyclic amines) is 2. The highest BCUT2D eigenvalue weighted by Gasteiger charge is 2.52. The molecule has 0 bridgehead atoms. The molecule has 3 aliphatic heterocycles. The number of fused-ring (bicyclic) bond motifs is 1. The lowest BCUT2D eigenvalue weighted by Gasteiger charge is -2.40. The van der Waals surface area contributed by atoms with E-state index in [0.29, 0.717) is 24.2 Å². The predicted octanol–water partition coefficient (Wildman–Crippen LogP) is 5.55. The molecule has 0 saturated carbocycles. The zero-order valence-corrected chi connectivity index (χ0v) is 23.3. The number of sulfone groups is 1. The fourth-order valence-corrected chi connectivity index (χ4v) is 8.36. The Balaban J connectivity index is 1.34. The van der Waals surface area contributed by atoms with Gasteiger partial charge in [0.1, 0.15) is 10.6 Å². The maximum Gasteiger partial charge on any atom is 0.409 e. The first-order chi connectivity index (χ1) is 18.7. The zero-order valence-electron chi connectivity index (χ0n) is 21.7. The molecule has 39 heavy (non-hydrogen) atoms. The first-order valence-corrected chi connectivity index (χ1v) is 15.4. The smallest absolute Gasteiger partial charge is 0.409 e. The highest BCUT2D eigenvalue weighted by atomic mass is 35.5. The average molecular weight is 583 g/mol. The number of amides is 1. The van der Waals surface area contributed by atoms with Crippen LogP contribution in [0.25, 0.3) is 0 Å². The van der Waals surface area contributed by atoms with Crippen molar-refractivity contribution in [2.24, 2.45) is 0 Å². The third-order valence-electron chi connectivity index (χ3n) is 8.27. The Kier molecular flexibility index (Phi) is 8.35. The molecule has 0 aliphatic carbocycles. The number of carbonyl (C=O) groups excluding carboxylic acids is 1. The molecule has 1 atom stereocenters. The molecule has 0 aromatic heterocycles. The van der Waals surface area contributed by atoms with Crippen LogP contribution in [0.15, 0.2) is 41.3 Å². The Labute approximate surface area is 232 Å². The average Bonchev–Trinajstić information content (AvgIpc) is 2.95. The first-order valence-electron chi connectivity index (χ1n) is 13.5. The summed E-state index contributed by atoms with van der Waals surface area (Å²) in [5, 5.41) is 0.339. The van der Waals surface area contributed by atoms with E-state index in [1.165, 1.54) is 43.5 Å². The monoisotopic (exact) mass is 582 g/mol. The van der Waals surface area contributed by atoms with Gasteiger partial charge >= 0.3 is 6.09 Å². The van der Waals surface area contributed by atoms with Crippen molar-refractivity contribution in [1.29, 1.82) is 0 Å². The van der Waals surface area contributed by atoms with Crippen LogP contribution in [0.4, 0.5) is 13.6 Å². The Morgan fingerprint density at radius 3 is 2.36 bits per heavy atom. The summed E-state index contributed by atoms with van der Waals surface area (Å²) < 4.78 is 67.2. The molecule has 11 heteroatoms. The second kappa shape index (κ2) is 11.6. The Hall–Kier alpha value is -2.43. The van der Waals surface area contributed by atoms with Crippen LogP contribution in [-0.2, 0) is 19.3 Å². The van der Waals surface area contributed by atoms with Gasteiger partial charge in [-0.1, -0.05) is 18.0 Å². The van der Waals surface area contributed by atoms with E-state index < -0.39 is 38.1 Å². The Bertz CT molecular complexity index is 1300. The Morgan fingerprint density at radius 1 is 1.00 bits per heavy atom. The summed E-state index contributed by atoms with van der Waals surface area (Å²) in [6.45, 7) is 2.89. The molecule has 0 radical (unpaired) electrons.